The van der Waals surface area contributed by atoms with E-state index < -0.39 is 0 Å². The maximum atomic E-state index is 11.9. The zero-order chi connectivity index (χ0) is 18.1. The van der Waals surface area contributed by atoms with Crippen LogP contribution in [0.3, 0.4) is 0 Å². The molecule has 0 aromatic heterocycles. The van der Waals surface area contributed by atoms with Gasteiger partial charge in [-0.3, -0.25) is 4.79 Å². The average molecular weight is 339 g/mol. The van der Waals surface area contributed by atoms with Crippen LogP contribution in [0.1, 0.15) is 19.3 Å². The Bertz CT molecular complexity index is 648. The molecule has 25 heavy (non-hydrogen) atoms. The molecule has 4 nitrogen and oxygen atoms in total. The lowest BCUT2D eigenvalue weighted by molar-refractivity contribution is -0.117. The Morgan fingerprint density at radius 3 is 2.16 bits per heavy atom. The van der Waals surface area contributed by atoms with Crippen molar-refractivity contribution in [1.29, 1.82) is 0 Å². The van der Waals surface area contributed by atoms with Gasteiger partial charge in [-0.2, -0.15) is 0 Å². The first-order valence-corrected chi connectivity index (χ1v) is 8.39. The molecule has 0 bridgehead atoms. The molecule has 0 saturated heterocycles. The maximum absolute atomic E-state index is 11.9. The van der Waals surface area contributed by atoms with Crippen LogP contribution in [-0.4, -0.2) is 31.4 Å². The van der Waals surface area contributed by atoms with Gasteiger partial charge in [0.25, 0.3) is 5.78 Å². The van der Waals surface area contributed by atoms with Gasteiger partial charge in [0, 0.05) is 18.9 Å². The molecule has 0 aromatic carbocycles. The van der Waals surface area contributed by atoms with Crippen LogP contribution in [0.2, 0.25) is 0 Å². The molecule has 0 atom stereocenters. The quantitative estimate of drug-likeness (QED) is 0.491. The van der Waals surface area contributed by atoms with Gasteiger partial charge in [0.1, 0.15) is 0 Å². The Balaban J connectivity index is 2.00. The van der Waals surface area contributed by atoms with Crippen LogP contribution in [0, 0.1) is 0 Å². The Morgan fingerprint density at radius 1 is 1.00 bits per heavy atom. The fourth-order valence-electron chi connectivity index (χ4n) is 2.50. The van der Waals surface area contributed by atoms with Crippen molar-refractivity contribution < 1.29 is 14.3 Å². The number of ether oxygens (including phenoxy) is 2. The van der Waals surface area contributed by atoms with Crippen molar-refractivity contribution in [3.05, 3.63) is 84.2 Å². The van der Waals surface area contributed by atoms with Crippen molar-refractivity contribution in [1.82, 2.24) is 4.90 Å². The lowest BCUT2D eigenvalue weighted by Gasteiger charge is -2.18. The van der Waals surface area contributed by atoms with E-state index in [1.54, 1.807) is 12.2 Å². The number of ketones is 1. The number of Topliss-reactive ketones (excluding diaryl/α,β-unsaturated/α-hetero) is 1. The second-order valence-corrected chi connectivity index (χ2v) is 5.74. The first-order valence-electron chi connectivity index (χ1n) is 8.39. The third-order valence-electron chi connectivity index (χ3n) is 3.94. The summed E-state index contributed by atoms with van der Waals surface area (Å²) in [6, 6.07) is 0. The van der Waals surface area contributed by atoms with E-state index in [1.165, 1.54) is 14.2 Å². The summed E-state index contributed by atoms with van der Waals surface area (Å²) in [6.07, 6.45) is 21.0. The van der Waals surface area contributed by atoms with Crippen molar-refractivity contribution in [2.24, 2.45) is 0 Å². The van der Waals surface area contributed by atoms with Crippen molar-refractivity contribution in [2.45, 2.75) is 19.3 Å². The van der Waals surface area contributed by atoms with E-state index in [0.29, 0.717) is 0 Å². The van der Waals surface area contributed by atoms with Crippen LogP contribution in [0.15, 0.2) is 84.2 Å². The monoisotopic (exact) mass is 339 g/mol. The highest BCUT2D eigenvalue weighted by Gasteiger charge is 2.21. The minimum atomic E-state index is -0.237. The van der Waals surface area contributed by atoms with Gasteiger partial charge in [-0.1, -0.05) is 18.2 Å². The number of hydrogen-bond acceptors (Lipinski definition) is 4. The van der Waals surface area contributed by atoms with E-state index in [1.807, 2.05) is 18.2 Å². The molecular weight excluding hydrogens is 314 g/mol. The minimum Gasteiger partial charge on any atom is -0.492 e. The van der Waals surface area contributed by atoms with E-state index in [9.17, 15) is 4.79 Å². The highest BCUT2D eigenvalue weighted by molar-refractivity contribution is 6.07. The first-order chi connectivity index (χ1) is 12.2. The third-order valence-corrected chi connectivity index (χ3v) is 3.94. The van der Waals surface area contributed by atoms with E-state index in [-0.39, 0.29) is 17.3 Å². The highest BCUT2D eigenvalue weighted by atomic mass is 16.5. The molecule has 0 amide bonds. The number of carbonyl (C=O) groups is 1. The lowest BCUT2D eigenvalue weighted by Crippen LogP contribution is -2.13. The highest BCUT2D eigenvalue weighted by Crippen LogP contribution is 2.20. The van der Waals surface area contributed by atoms with Gasteiger partial charge in [-0.15, -0.1) is 6.58 Å². The third kappa shape index (κ3) is 5.38. The molecule has 4 heteroatoms. The van der Waals surface area contributed by atoms with Crippen LogP contribution in [-0.2, 0) is 14.3 Å². The van der Waals surface area contributed by atoms with Gasteiger partial charge in [-0.05, 0) is 54.7 Å². The van der Waals surface area contributed by atoms with Crippen LogP contribution in [0.4, 0.5) is 0 Å². The molecule has 0 aromatic rings. The summed E-state index contributed by atoms with van der Waals surface area (Å²) in [5.74, 6) is 0.327. The molecular formula is C21H25NO3. The Kier molecular flexibility index (Phi) is 7.08. The van der Waals surface area contributed by atoms with Crippen LogP contribution in [0.5, 0.6) is 0 Å². The largest absolute Gasteiger partial charge is 0.492 e. The Morgan fingerprint density at radius 2 is 1.60 bits per heavy atom. The predicted octanol–water partition coefficient (Wildman–Crippen LogP) is 4.18. The van der Waals surface area contributed by atoms with Gasteiger partial charge in [0.05, 0.1) is 14.2 Å². The molecule has 0 spiro atoms. The van der Waals surface area contributed by atoms with Crippen LogP contribution < -0.4 is 0 Å². The predicted molar refractivity (Wildman–Crippen MR) is 100 cm³/mol. The Labute approximate surface area is 149 Å². The van der Waals surface area contributed by atoms with Gasteiger partial charge in [-0.25, -0.2) is 0 Å². The number of hydrogen-bond donors (Lipinski definition) is 0. The van der Waals surface area contributed by atoms with Gasteiger partial charge in [0.15, 0.2) is 11.5 Å². The second-order valence-electron chi connectivity index (χ2n) is 5.74. The molecule has 0 radical (unpaired) electrons. The zero-order valence-corrected chi connectivity index (χ0v) is 14.9. The van der Waals surface area contributed by atoms with Crippen molar-refractivity contribution in [2.75, 3.05) is 20.8 Å². The lowest BCUT2D eigenvalue weighted by atomic mass is 10.0. The molecule has 0 N–H and O–H groups in total. The summed E-state index contributed by atoms with van der Waals surface area (Å²) >= 11 is 0. The fourth-order valence-corrected chi connectivity index (χ4v) is 2.50. The molecule has 2 aliphatic rings. The topological polar surface area (TPSA) is 38.8 Å². The normalized spacial score (nSPS) is 16.4. The summed E-state index contributed by atoms with van der Waals surface area (Å²) in [5, 5.41) is 0. The summed E-state index contributed by atoms with van der Waals surface area (Å²) < 4.78 is 10.2. The molecule has 0 unspecified atom stereocenters. The zero-order valence-electron chi connectivity index (χ0n) is 14.9. The Hall–Kier alpha value is -2.75. The smallest absolute Gasteiger partial charge is 0.261 e. The number of nitrogens with zero attached hydrogens (tertiary/aromatic N) is 1. The summed E-state index contributed by atoms with van der Waals surface area (Å²) in [6.45, 7) is 4.75. The number of unbranched alkanes of at least 4 members (excludes halogenated alkanes) is 2. The molecule has 0 fully saturated rings. The standard InChI is InChI=1S/C21H25NO3/c1-4-5-6-7-12-22-13-10-17(11-14-22)8-9-18-15-19(24-2)21(23)20(16-18)25-3/h4,8-11,13-16H,1,5-7,12H2,2-3H3. The van der Waals surface area contributed by atoms with Gasteiger partial charge < -0.3 is 14.4 Å². The summed E-state index contributed by atoms with van der Waals surface area (Å²) in [4.78, 5) is 14.1. The van der Waals surface area contributed by atoms with E-state index in [0.717, 1.165) is 37.0 Å². The van der Waals surface area contributed by atoms with Crippen molar-refractivity contribution in [3.8, 4) is 0 Å². The molecule has 1 aliphatic carbocycles. The first kappa shape index (κ1) is 18.6. The molecule has 0 saturated carbocycles. The minimum absolute atomic E-state index is 0.237. The maximum Gasteiger partial charge on any atom is 0.261 e. The molecule has 132 valence electrons. The van der Waals surface area contributed by atoms with Gasteiger partial charge in [0.2, 0.25) is 0 Å². The number of carbonyl (C=O) groups excluding carboxylic acids is 1. The van der Waals surface area contributed by atoms with E-state index >= 15 is 0 Å². The van der Waals surface area contributed by atoms with Crippen LogP contribution in [0.25, 0.3) is 0 Å². The summed E-state index contributed by atoms with van der Waals surface area (Å²) in [7, 11) is 2.96. The van der Waals surface area contributed by atoms with Gasteiger partial charge >= 0.3 is 0 Å². The fraction of sp³-hybridized carbons (Fsp3) is 0.286. The average Bonchev–Trinajstić information content (AvgIpc) is 2.65. The summed E-state index contributed by atoms with van der Waals surface area (Å²) in [5.41, 5.74) is 1.95. The molecule has 1 aliphatic heterocycles. The van der Waals surface area contributed by atoms with Crippen LogP contribution >= 0.6 is 0 Å². The number of allylic oxidation sites excluding steroid dienone is 9. The second kappa shape index (κ2) is 9.52. The number of rotatable bonds is 8. The van der Waals surface area contributed by atoms with E-state index in [2.05, 4.69) is 36.0 Å². The number of methoxy groups -OCH3 is 2. The van der Waals surface area contributed by atoms with Crippen molar-refractivity contribution in [3.63, 3.8) is 0 Å². The SMILES string of the molecule is C=CCCCCN1C=CC(=CC=C2C=C(OC)C(=O)C(OC)=C2)C=C1. The molecule has 1 heterocycles. The van der Waals surface area contributed by atoms with Crippen molar-refractivity contribution >= 4 is 5.78 Å². The molecule has 2 rings (SSSR count). The van der Waals surface area contributed by atoms with E-state index in [4.69, 9.17) is 9.47 Å².